The molecule has 0 aliphatic carbocycles. The third-order valence-corrected chi connectivity index (χ3v) is 22.3. The zero-order chi connectivity index (χ0) is 84.8. The van der Waals surface area contributed by atoms with Crippen molar-refractivity contribution in [1.29, 1.82) is 0 Å². The van der Waals surface area contributed by atoms with Gasteiger partial charge in [0.25, 0.3) is 5.91 Å². The number of carboxylic acid groups (broad SMARTS) is 5. The van der Waals surface area contributed by atoms with Gasteiger partial charge in [0.15, 0.2) is 6.73 Å². The molecule has 0 radical (unpaired) electrons. The third kappa shape index (κ3) is 33.8. The van der Waals surface area contributed by atoms with Crippen molar-refractivity contribution in [1.82, 2.24) is 68.2 Å². The summed E-state index contributed by atoms with van der Waals surface area (Å²) in [6.07, 6.45) is 1.25. The zero-order valence-corrected chi connectivity index (χ0v) is 67.8. The van der Waals surface area contributed by atoms with Crippen LogP contribution in [0.15, 0.2) is 72.1 Å². The van der Waals surface area contributed by atoms with E-state index >= 15 is 0 Å². The van der Waals surface area contributed by atoms with E-state index in [0.29, 0.717) is 48.2 Å². The molecule has 0 saturated carbocycles. The molecule has 0 spiro atoms. The maximum Gasteiger partial charge on any atom is 0.426 e. The van der Waals surface area contributed by atoms with E-state index in [4.69, 9.17) is 14.6 Å². The van der Waals surface area contributed by atoms with Crippen LogP contribution in [0.2, 0.25) is 0 Å². The Morgan fingerprint density at radius 3 is 1.95 bits per heavy atom. The number of carbonyl (C=O) groups excluding carboxylic acids is 10. The van der Waals surface area contributed by atoms with E-state index in [1.165, 1.54) is 23.5 Å². The van der Waals surface area contributed by atoms with Crippen LogP contribution in [0.5, 0.6) is 5.75 Å². The number of likely N-dealkylation sites (N-methyl/N-ethyl adjacent to an activating group) is 1. The van der Waals surface area contributed by atoms with Crippen LogP contribution in [0.1, 0.15) is 158 Å². The van der Waals surface area contributed by atoms with Gasteiger partial charge in [0, 0.05) is 67.1 Å². The third-order valence-electron chi connectivity index (χ3n) is 19.0. The van der Waals surface area contributed by atoms with Crippen LogP contribution >= 0.6 is 32.9 Å². The van der Waals surface area contributed by atoms with Gasteiger partial charge in [-0.15, -0.1) is 11.3 Å². The number of likely N-dealkylation sites (tertiary alicyclic amines) is 1. The Kier molecular flexibility index (Phi) is 40.7. The number of hydrogen-bond acceptors (Lipinski definition) is 23. The molecule has 39 heteroatoms. The Morgan fingerprint density at radius 1 is 0.652 bits per heavy atom. The minimum absolute atomic E-state index is 0.00913. The van der Waals surface area contributed by atoms with Crippen molar-refractivity contribution in [3.05, 3.63) is 93.9 Å². The van der Waals surface area contributed by atoms with Crippen LogP contribution in [0, 0.1) is 17.8 Å². The maximum atomic E-state index is 14.8. The number of thiazole rings is 1. The smallest absolute Gasteiger partial charge is 0.426 e. The van der Waals surface area contributed by atoms with Gasteiger partial charge in [-0.25, -0.2) is 39.2 Å². The normalized spacial score (nSPS) is 15.3. The number of nitrogens with zero attached hydrogens (tertiary/aromatic N) is 3. The lowest BCUT2D eigenvalue weighted by molar-refractivity contribution is -0.159. The molecule has 1 aliphatic rings. The van der Waals surface area contributed by atoms with E-state index in [1.54, 1.807) is 65.7 Å². The van der Waals surface area contributed by atoms with Crippen LogP contribution in [0.4, 0.5) is 14.4 Å². The second kappa shape index (κ2) is 49.3. The number of piperidine rings is 1. The molecule has 11 atom stereocenters. The number of rotatable bonds is 49. The molecule has 11 amide bonds. The quantitative estimate of drug-likeness (QED) is 0.00878. The Bertz CT molecular complexity index is 3970. The average molecular weight is 1670 g/mol. The summed E-state index contributed by atoms with van der Waals surface area (Å²) in [5, 5.41) is 81.3. The summed E-state index contributed by atoms with van der Waals surface area (Å²) in [4.78, 5) is 203. The molecule has 5 rings (SSSR count). The fourth-order valence-corrected chi connectivity index (χ4v) is 15.1. The number of hydrogen-bond donors (Lipinski definition) is 16. The average Bonchev–Trinajstić information content (AvgIpc) is 1.32. The summed E-state index contributed by atoms with van der Waals surface area (Å²) in [5.41, 5.74) is 5.80. The van der Waals surface area contributed by atoms with E-state index in [2.05, 4.69) is 53.1 Å². The SMILES string of the molecule is CCCC(=O)OCN(C(=O)[C@@H](NC(=O)[C@H]1CCCCN1C)C(C)CC)[C@H](CCc1nc(C(=O)N[C@@H](Cc2ccc(O)cc2)C[C@H](C)C(=O)NNC(=O)OCCSSC[C@H](NC(=O)[C@H](Cc2ccc3ccccc3c2)NC(=O)[C@H](CC(=O)O)NC(=O)NCCCC[C@H](NC(=O)N[C@@H](CCC(=O)O)C(=O)O)C(=O)O)C(=O)O)cs1)C(C)C. The zero-order valence-electron chi connectivity index (χ0n) is 65.3. The molecule has 1 saturated heterocycles. The van der Waals surface area contributed by atoms with Gasteiger partial charge in [0.05, 0.1) is 17.5 Å². The number of aliphatic carboxylic acids is 5. The molecule has 36 nitrogen and oxygen atoms in total. The fourth-order valence-electron chi connectivity index (χ4n) is 12.4. The van der Waals surface area contributed by atoms with E-state index in [1.807, 2.05) is 57.9 Å². The van der Waals surface area contributed by atoms with E-state index in [9.17, 15) is 97.5 Å². The summed E-state index contributed by atoms with van der Waals surface area (Å²) < 4.78 is 10.9. The number of aromatic hydroxyl groups is 1. The summed E-state index contributed by atoms with van der Waals surface area (Å²) in [6.45, 7) is 11.2. The van der Waals surface area contributed by atoms with Crippen LogP contribution < -0.4 is 53.4 Å². The van der Waals surface area contributed by atoms with Crippen LogP contribution in [-0.4, -0.2) is 234 Å². The number of unbranched alkanes of at least 4 members (excludes halogenated alkanes) is 1. The molecular weight excluding hydrogens is 1560 g/mol. The highest BCUT2D eigenvalue weighted by Crippen LogP contribution is 2.27. The van der Waals surface area contributed by atoms with Crippen molar-refractivity contribution in [3.63, 3.8) is 0 Å². The lowest BCUT2D eigenvalue weighted by atomic mass is 9.93. The second-order valence-corrected chi connectivity index (χ2v) is 31.9. The largest absolute Gasteiger partial charge is 0.508 e. The molecule has 632 valence electrons. The monoisotopic (exact) mass is 1670 g/mol. The van der Waals surface area contributed by atoms with Crippen molar-refractivity contribution in [2.75, 3.05) is 45.0 Å². The molecule has 3 aromatic carbocycles. The summed E-state index contributed by atoms with van der Waals surface area (Å²) in [6, 6.07) is 5.77. The number of hydrazine groups is 1. The van der Waals surface area contributed by atoms with Gasteiger partial charge < -0.3 is 87.5 Å². The standard InChI is InChI=1S/C76H107N13O23S3/c1-8-16-63(95)112-42-89(70(101)64(44(5)9-2)85-69(100)59-20-13-15-32-88(59)7)58(43(3)4)28-29-60-79-56(40-113-60)68(99)78-50(37-46-22-25-51(90)26-23-46)35-45(6)65(96)86-87-76(110)111-33-34-114-115-41-57(73(106)107)81-66(97)54(38-47-21-24-48-17-10-11-18-49(48)36-47)80-67(98)55(39-62(93)94)84-74(108)77-31-14-12-19-52(71(102)103)82-75(109)83-53(72(104)105)27-30-61(91)92/h10-11,17-18,21-26,36,40,43-45,50,52-55,57-59,64,90H,8-9,12-16,19-20,27-35,37-39,41-42H2,1-7H3,(H,78,99)(H,80,98)(H,81,97)(H,85,100)(H,86,96)(H,87,110)(H,91,92)(H,93,94)(H,102,103)(H,104,105)(H,106,107)(H2,77,84,108)(H2,82,83,109)/t44?,45-,50+,52-,53-,54-,55-,57-,58+,59+,64-/m0/s1. The first-order valence-corrected chi connectivity index (χ1v) is 41.3. The predicted molar refractivity (Wildman–Crippen MR) is 425 cm³/mol. The van der Waals surface area contributed by atoms with Crippen molar-refractivity contribution < 1.29 is 112 Å². The number of aryl methyl sites for hydroxylation is 1. The minimum Gasteiger partial charge on any atom is -0.508 e. The number of urea groups is 2. The number of benzene rings is 3. The number of carbonyl (C=O) groups is 15. The van der Waals surface area contributed by atoms with Crippen LogP contribution in [0.25, 0.3) is 10.8 Å². The second-order valence-electron chi connectivity index (χ2n) is 28.3. The van der Waals surface area contributed by atoms with E-state index in [0.717, 1.165) is 51.7 Å². The molecular formula is C76H107N13O23S3. The van der Waals surface area contributed by atoms with Crippen LogP contribution in [0.3, 0.4) is 0 Å². The predicted octanol–water partition coefficient (Wildman–Crippen LogP) is 5.29. The summed E-state index contributed by atoms with van der Waals surface area (Å²) >= 11 is 1.24. The van der Waals surface area contributed by atoms with Crippen LogP contribution in [-0.2, 0) is 81.5 Å². The van der Waals surface area contributed by atoms with Crippen molar-refractivity contribution >= 4 is 133 Å². The molecule has 0 bridgehead atoms. The molecule has 16 N–H and O–H groups in total. The van der Waals surface area contributed by atoms with E-state index < -0.39 is 151 Å². The topological polar surface area (TPSA) is 536 Å². The van der Waals surface area contributed by atoms with Gasteiger partial charge in [-0.3, -0.25) is 53.5 Å². The molecule has 2 heterocycles. The maximum absolute atomic E-state index is 14.8. The van der Waals surface area contributed by atoms with Gasteiger partial charge in [-0.1, -0.05) is 131 Å². The lowest BCUT2D eigenvalue weighted by Gasteiger charge is -2.39. The molecule has 1 unspecified atom stereocenters. The van der Waals surface area contributed by atoms with E-state index in [-0.39, 0.29) is 117 Å². The Labute approximate surface area is 677 Å². The Hall–Kier alpha value is -10.5. The van der Waals surface area contributed by atoms with Gasteiger partial charge in [0.2, 0.25) is 29.5 Å². The van der Waals surface area contributed by atoms with Crippen molar-refractivity contribution in [2.45, 2.75) is 205 Å². The first-order valence-electron chi connectivity index (χ1n) is 38.0. The molecule has 4 aromatic rings. The fraction of sp³-hybridized carbons (Fsp3) is 0.553. The summed E-state index contributed by atoms with van der Waals surface area (Å²) in [7, 11) is 3.93. The van der Waals surface area contributed by atoms with Gasteiger partial charge in [-0.05, 0) is 124 Å². The first-order chi connectivity index (χ1) is 54.7. The summed E-state index contributed by atoms with van der Waals surface area (Å²) in [5.74, 6) is -13.3. The van der Waals surface area contributed by atoms with Gasteiger partial charge >= 0.3 is 54.0 Å². The van der Waals surface area contributed by atoms with Crippen molar-refractivity contribution in [2.24, 2.45) is 17.8 Å². The van der Waals surface area contributed by atoms with Crippen molar-refractivity contribution in [3.8, 4) is 5.75 Å². The molecule has 1 aliphatic heterocycles. The number of fused-ring (bicyclic) bond motifs is 1. The first kappa shape index (κ1) is 95.1. The number of phenols is 1. The van der Waals surface area contributed by atoms with Gasteiger partial charge in [-0.2, -0.15) is 0 Å². The number of carboxylic acids is 5. The number of aromatic nitrogens is 1. The number of esters is 1. The highest BCUT2D eigenvalue weighted by atomic mass is 33.1. The number of nitrogens with one attached hydrogen (secondary N) is 10. The Morgan fingerprint density at radius 2 is 1.30 bits per heavy atom. The highest BCUT2D eigenvalue weighted by molar-refractivity contribution is 8.76. The number of phenolic OH excluding ortho intramolecular Hbond substituents is 1. The number of amides is 11. The molecule has 1 aromatic heterocycles. The lowest BCUT2D eigenvalue weighted by Crippen LogP contribution is -2.59. The minimum atomic E-state index is -1.82. The Balaban J connectivity index is 1.14. The number of ether oxygens (including phenoxy) is 2. The van der Waals surface area contributed by atoms with Gasteiger partial charge in [0.1, 0.15) is 54.3 Å². The molecule has 1 fully saturated rings. The highest BCUT2D eigenvalue weighted by Gasteiger charge is 2.39. The molecule has 115 heavy (non-hydrogen) atoms.